The molecule has 0 saturated carbocycles. The van der Waals surface area contributed by atoms with Crippen molar-refractivity contribution >= 4 is 12.2 Å². The molecule has 86 valence electrons. The second-order valence-electron chi connectivity index (χ2n) is 2.74. The van der Waals surface area contributed by atoms with E-state index >= 15 is 0 Å². The van der Waals surface area contributed by atoms with Crippen LogP contribution in [0.25, 0.3) is 0 Å². The molecule has 1 rings (SSSR count). The molecule has 1 aromatic rings. The molecule has 8 heteroatoms. The smallest absolute Gasteiger partial charge is 0.237 e. The number of guanidine groups is 1. The third-order valence-corrected chi connectivity index (χ3v) is 1.59. The number of hydrogen-bond donors (Lipinski definition) is 6. The van der Waals surface area contributed by atoms with Crippen molar-refractivity contribution in [1.82, 2.24) is 5.48 Å². The number of benzene rings is 1. The fourth-order valence-electron chi connectivity index (χ4n) is 0.912. The highest BCUT2D eigenvalue weighted by atomic mass is 16.5. The minimum atomic E-state index is -0.369. The number of nitrogens with two attached hydrogens (primary N) is 1. The summed E-state index contributed by atoms with van der Waals surface area (Å²) in [5, 5.41) is 42.6. The third kappa shape index (κ3) is 2.75. The Morgan fingerprint density at radius 2 is 1.81 bits per heavy atom. The van der Waals surface area contributed by atoms with Gasteiger partial charge < -0.3 is 21.1 Å². The summed E-state index contributed by atoms with van der Waals surface area (Å²) in [6.07, 6.45) is 1.01. The zero-order valence-corrected chi connectivity index (χ0v) is 7.99. The first-order valence-electron chi connectivity index (χ1n) is 4.06. The molecule has 0 spiro atoms. The largest absolute Gasteiger partial charge is 0.508 e. The third-order valence-electron chi connectivity index (χ3n) is 1.59. The van der Waals surface area contributed by atoms with Crippen LogP contribution < -0.4 is 11.2 Å². The van der Waals surface area contributed by atoms with Gasteiger partial charge in [-0.05, 0) is 0 Å². The van der Waals surface area contributed by atoms with E-state index in [2.05, 4.69) is 10.2 Å². The monoisotopic (exact) mass is 226 g/mol. The molecule has 0 atom stereocenters. The van der Waals surface area contributed by atoms with Crippen LogP contribution >= 0.6 is 0 Å². The molecule has 1 aromatic carbocycles. The highest BCUT2D eigenvalue weighted by Gasteiger charge is 2.06. The van der Waals surface area contributed by atoms with Crippen LogP contribution in [0.15, 0.2) is 22.3 Å². The van der Waals surface area contributed by atoms with E-state index in [1.807, 2.05) is 0 Å². The van der Waals surface area contributed by atoms with Crippen molar-refractivity contribution in [2.24, 2.45) is 15.9 Å². The number of hydroxylamine groups is 1. The average molecular weight is 226 g/mol. The van der Waals surface area contributed by atoms with Crippen LogP contribution in [0.3, 0.4) is 0 Å². The summed E-state index contributed by atoms with van der Waals surface area (Å²) in [4.78, 5) is 0. The summed E-state index contributed by atoms with van der Waals surface area (Å²) >= 11 is 0. The van der Waals surface area contributed by atoms with E-state index in [-0.39, 0.29) is 28.8 Å². The minimum Gasteiger partial charge on any atom is -0.508 e. The minimum absolute atomic E-state index is 0.0349. The Hall–Kier alpha value is -2.48. The number of aromatic hydroxyl groups is 3. The van der Waals surface area contributed by atoms with Crippen LogP contribution in [0.1, 0.15) is 5.56 Å². The Balaban J connectivity index is 2.98. The number of nitrogens with zero attached hydrogens (tertiary/aromatic N) is 2. The lowest BCUT2D eigenvalue weighted by molar-refractivity contribution is 0.232. The Morgan fingerprint density at radius 3 is 2.31 bits per heavy atom. The summed E-state index contributed by atoms with van der Waals surface area (Å²) in [7, 11) is 0. The van der Waals surface area contributed by atoms with Crippen molar-refractivity contribution in [2.45, 2.75) is 0 Å². The summed E-state index contributed by atoms with van der Waals surface area (Å²) in [5.74, 6) is -1.37. The lowest BCUT2D eigenvalue weighted by atomic mass is 10.2. The number of hydrogen-bond acceptors (Lipinski definition) is 6. The van der Waals surface area contributed by atoms with E-state index < -0.39 is 0 Å². The molecule has 0 heterocycles. The van der Waals surface area contributed by atoms with Crippen molar-refractivity contribution in [1.29, 1.82) is 0 Å². The van der Waals surface area contributed by atoms with Crippen molar-refractivity contribution in [3.05, 3.63) is 17.7 Å². The van der Waals surface area contributed by atoms with E-state index in [0.29, 0.717) is 0 Å². The molecule has 7 N–H and O–H groups in total. The summed E-state index contributed by atoms with van der Waals surface area (Å²) in [6, 6.07) is 2.05. The van der Waals surface area contributed by atoms with E-state index in [1.165, 1.54) is 5.48 Å². The molecule has 0 aliphatic heterocycles. The average Bonchev–Trinajstić information content (AvgIpc) is 2.21. The molecule has 0 unspecified atom stereocenters. The van der Waals surface area contributed by atoms with Crippen molar-refractivity contribution in [3.8, 4) is 17.2 Å². The molecule has 0 bridgehead atoms. The zero-order chi connectivity index (χ0) is 12.1. The first kappa shape index (κ1) is 11.6. The van der Waals surface area contributed by atoms with Crippen LogP contribution in [0.5, 0.6) is 17.2 Å². The van der Waals surface area contributed by atoms with Crippen LogP contribution in [0.4, 0.5) is 0 Å². The molecule has 16 heavy (non-hydrogen) atoms. The Morgan fingerprint density at radius 1 is 1.25 bits per heavy atom. The fourth-order valence-corrected chi connectivity index (χ4v) is 0.912. The predicted molar refractivity (Wildman–Crippen MR) is 55.6 cm³/mol. The zero-order valence-electron chi connectivity index (χ0n) is 7.99. The Kier molecular flexibility index (Phi) is 3.51. The van der Waals surface area contributed by atoms with E-state index in [9.17, 15) is 10.2 Å². The van der Waals surface area contributed by atoms with Gasteiger partial charge in [0.05, 0.1) is 11.8 Å². The van der Waals surface area contributed by atoms with Crippen molar-refractivity contribution < 1.29 is 20.5 Å². The van der Waals surface area contributed by atoms with E-state index in [0.717, 1.165) is 18.3 Å². The number of phenols is 3. The predicted octanol–water partition coefficient (Wildman–Crippen LogP) is -0.569. The topological polar surface area (TPSA) is 144 Å². The molecule has 8 nitrogen and oxygen atoms in total. The Bertz CT molecular complexity index is 421. The Labute approximate surface area is 89.9 Å². The number of rotatable bonds is 2. The lowest BCUT2D eigenvalue weighted by Gasteiger charge is -2.02. The van der Waals surface area contributed by atoms with Crippen molar-refractivity contribution in [3.63, 3.8) is 0 Å². The maximum absolute atomic E-state index is 9.34. The van der Waals surface area contributed by atoms with Crippen LogP contribution in [0, 0.1) is 0 Å². The molecular weight excluding hydrogens is 216 g/mol. The van der Waals surface area contributed by atoms with Gasteiger partial charge in [0, 0.05) is 12.1 Å². The molecule has 0 aliphatic rings. The SMILES string of the molecule is NC(=N/N=C/c1c(O)cc(O)cc1O)NO. The van der Waals surface area contributed by atoms with Gasteiger partial charge in [-0.2, -0.15) is 5.10 Å². The molecular formula is C8H10N4O4. The second kappa shape index (κ2) is 4.84. The number of phenolic OH excluding ortho intramolecular Hbond substituents is 3. The number of nitrogens with one attached hydrogen (secondary N) is 1. The van der Waals surface area contributed by atoms with Crippen molar-refractivity contribution in [2.75, 3.05) is 0 Å². The van der Waals surface area contributed by atoms with Gasteiger partial charge in [0.1, 0.15) is 17.2 Å². The highest BCUT2D eigenvalue weighted by Crippen LogP contribution is 2.30. The maximum Gasteiger partial charge on any atom is 0.237 e. The van der Waals surface area contributed by atoms with Gasteiger partial charge in [-0.25, -0.2) is 5.48 Å². The van der Waals surface area contributed by atoms with Gasteiger partial charge in [-0.15, -0.1) is 5.10 Å². The van der Waals surface area contributed by atoms with Gasteiger partial charge in [-0.1, -0.05) is 0 Å². The fraction of sp³-hybridized carbons (Fsp3) is 0. The first-order valence-corrected chi connectivity index (χ1v) is 4.06. The lowest BCUT2D eigenvalue weighted by Crippen LogP contribution is -2.27. The molecule has 0 radical (unpaired) electrons. The molecule has 0 aromatic heterocycles. The quantitative estimate of drug-likeness (QED) is 0.226. The van der Waals surface area contributed by atoms with Crippen LogP contribution in [-0.4, -0.2) is 32.7 Å². The highest BCUT2D eigenvalue weighted by molar-refractivity contribution is 5.88. The van der Waals surface area contributed by atoms with Crippen LogP contribution in [0.2, 0.25) is 0 Å². The van der Waals surface area contributed by atoms with Crippen LogP contribution in [-0.2, 0) is 0 Å². The normalized spacial score (nSPS) is 11.9. The van der Waals surface area contributed by atoms with E-state index in [1.54, 1.807) is 0 Å². The van der Waals surface area contributed by atoms with Gasteiger partial charge in [-0.3, -0.25) is 5.21 Å². The summed E-state index contributed by atoms with van der Waals surface area (Å²) in [6.45, 7) is 0. The molecule has 0 saturated heterocycles. The van der Waals surface area contributed by atoms with Gasteiger partial charge in [0.15, 0.2) is 0 Å². The molecule has 0 aliphatic carbocycles. The molecule has 0 amide bonds. The first-order chi connectivity index (χ1) is 7.54. The maximum atomic E-state index is 9.34. The van der Waals surface area contributed by atoms with Gasteiger partial charge in [0.2, 0.25) is 5.96 Å². The summed E-state index contributed by atoms with van der Waals surface area (Å²) < 4.78 is 0. The second-order valence-corrected chi connectivity index (χ2v) is 2.74. The molecule has 0 fully saturated rings. The standard InChI is InChI=1S/C8H10N4O4/c9-8(12-16)11-10-3-5-6(14)1-4(13)2-7(5)15/h1-3,13-16H,(H3,9,11,12)/b10-3+. The van der Waals surface area contributed by atoms with Gasteiger partial charge in [0.25, 0.3) is 0 Å². The van der Waals surface area contributed by atoms with E-state index in [4.69, 9.17) is 16.0 Å². The van der Waals surface area contributed by atoms with Gasteiger partial charge >= 0.3 is 0 Å². The summed E-state index contributed by atoms with van der Waals surface area (Å²) in [5.41, 5.74) is 6.55.